The number of anilines is 1. The van der Waals surface area contributed by atoms with Gasteiger partial charge in [0.25, 0.3) is 11.6 Å². The number of non-ortho nitro benzene ring substituents is 1. The van der Waals surface area contributed by atoms with Gasteiger partial charge in [-0.2, -0.15) is 0 Å². The van der Waals surface area contributed by atoms with Crippen LogP contribution in [0.25, 0.3) is 0 Å². The van der Waals surface area contributed by atoms with E-state index in [4.69, 9.17) is 9.84 Å². The molecule has 19 heavy (non-hydrogen) atoms. The van der Waals surface area contributed by atoms with Crippen LogP contribution in [0, 0.1) is 10.1 Å². The summed E-state index contributed by atoms with van der Waals surface area (Å²) in [5.41, 5.74) is 0.0340. The highest BCUT2D eigenvalue weighted by molar-refractivity contribution is 6.02. The minimum atomic E-state index is -1.17. The molecule has 1 aromatic carbocycles. The Morgan fingerprint density at radius 2 is 2.26 bits per heavy atom. The van der Waals surface area contributed by atoms with E-state index in [1.54, 1.807) is 0 Å². The number of fused-ring (bicyclic) bond motifs is 1. The van der Waals surface area contributed by atoms with Gasteiger partial charge in [0, 0.05) is 6.07 Å². The Labute approximate surface area is 107 Å². The van der Waals surface area contributed by atoms with E-state index in [-0.39, 0.29) is 17.1 Å². The maximum Gasteiger partial charge on any atom is 0.323 e. The molecule has 2 rings (SSSR count). The lowest BCUT2D eigenvalue weighted by atomic mass is 10.1. The molecule has 0 saturated heterocycles. The van der Waals surface area contributed by atoms with E-state index in [0.717, 1.165) is 4.90 Å². The molecule has 1 aliphatic heterocycles. The number of amides is 1. The van der Waals surface area contributed by atoms with Crippen molar-refractivity contribution in [1.82, 2.24) is 0 Å². The normalized spacial score (nSPS) is 17.6. The fraction of sp³-hybridized carbons (Fsp3) is 0.273. The number of nitro groups is 1. The van der Waals surface area contributed by atoms with Crippen LogP contribution in [0.1, 0.15) is 6.92 Å². The third kappa shape index (κ3) is 2.32. The van der Waals surface area contributed by atoms with Gasteiger partial charge < -0.3 is 9.84 Å². The van der Waals surface area contributed by atoms with Crippen molar-refractivity contribution in [3.8, 4) is 5.75 Å². The lowest BCUT2D eigenvalue weighted by Crippen LogP contribution is -2.46. The first kappa shape index (κ1) is 12.8. The molecule has 1 unspecified atom stereocenters. The molecule has 8 heteroatoms. The highest BCUT2D eigenvalue weighted by Gasteiger charge is 2.33. The van der Waals surface area contributed by atoms with Gasteiger partial charge in [-0.05, 0) is 13.0 Å². The van der Waals surface area contributed by atoms with Crippen LogP contribution in [0.2, 0.25) is 0 Å². The number of ether oxygens (including phenoxy) is 1. The monoisotopic (exact) mass is 266 g/mol. The molecule has 1 atom stereocenters. The Hall–Kier alpha value is -2.64. The Kier molecular flexibility index (Phi) is 3.07. The predicted octanol–water partition coefficient (Wildman–Crippen LogP) is 0.793. The Morgan fingerprint density at radius 1 is 1.58 bits per heavy atom. The first-order valence-electron chi connectivity index (χ1n) is 5.38. The van der Waals surface area contributed by atoms with Crippen molar-refractivity contribution < 1.29 is 24.4 Å². The zero-order chi connectivity index (χ0) is 14.2. The van der Waals surface area contributed by atoms with E-state index in [0.29, 0.717) is 0 Å². The van der Waals surface area contributed by atoms with Gasteiger partial charge in [-0.15, -0.1) is 0 Å². The van der Waals surface area contributed by atoms with Crippen LogP contribution in [0.3, 0.4) is 0 Å². The predicted molar refractivity (Wildman–Crippen MR) is 63.2 cm³/mol. The summed E-state index contributed by atoms with van der Waals surface area (Å²) < 4.78 is 5.26. The van der Waals surface area contributed by atoms with Crippen molar-refractivity contribution in [3.05, 3.63) is 28.3 Å². The van der Waals surface area contributed by atoms with E-state index in [1.807, 2.05) is 0 Å². The number of carboxylic acid groups (broad SMARTS) is 1. The van der Waals surface area contributed by atoms with Crippen molar-refractivity contribution in [2.45, 2.75) is 13.0 Å². The molecule has 0 bridgehead atoms. The van der Waals surface area contributed by atoms with Gasteiger partial charge in [0.2, 0.25) is 0 Å². The minimum absolute atomic E-state index is 0.127. The summed E-state index contributed by atoms with van der Waals surface area (Å²) in [5, 5.41) is 19.5. The third-order valence-corrected chi connectivity index (χ3v) is 2.66. The first-order valence-corrected chi connectivity index (χ1v) is 5.38. The lowest BCUT2D eigenvalue weighted by molar-refractivity contribution is -0.384. The Morgan fingerprint density at radius 3 is 2.84 bits per heavy atom. The number of carbonyl (C=O) groups excluding carboxylic acids is 1. The highest BCUT2D eigenvalue weighted by Crippen LogP contribution is 2.36. The van der Waals surface area contributed by atoms with Crippen LogP contribution in [0.4, 0.5) is 11.4 Å². The number of carboxylic acids is 1. The van der Waals surface area contributed by atoms with E-state index in [1.165, 1.54) is 25.1 Å². The molecule has 1 heterocycles. The standard InChI is InChI=1S/C11H10N2O6/c1-6-11(16)12(5-10(14)15)8-3-2-7(13(17)18)4-9(8)19-6/h2-4,6H,5H2,1H3,(H,14,15). The van der Waals surface area contributed by atoms with Crippen LogP contribution in [0.15, 0.2) is 18.2 Å². The summed E-state index contributed by atoms with van der Waals surface area (Å²) in [6, 6.07) is 3.67. The second-order valence-electron chi connectivity index (χ2n) is 3.99. The van der Waals surface area contributed by atoms with Crippen molar-refractivity contribution in [2.24, 2.45) is 0 Å². The second-order valence-corrected chi connectivity index (χ2v) is 3.99. The molecule has 100 valence electrons. The summed E-state index contributed by atoms with van der Waals surface area (Å²) in [4.78, 5) is 33.7. The number of benzene rings is 1. The van der Waals surface area contributed by atoms with Crippen molar-refractivity contribution in [3.63, 3.8) is 0 Å². The summed E-state index contributed by atoms with van der Waals surface area (Å²) in [5.74, 6) is -1.54. The number of hydrogen-bond acceptors (Lipinski definition) is 5. The van der Waals surface area contributed by atoms with E-state index < -0.39 is 29.4 Å². The average molecular weight is 266 g/mol. The number of hydrogen-bond donors (Lipinski definition) is 1. The van der Waals surface area contributed by atoms with Crippen molar-refractivity contribution >= 4 is 23.3 Å². The minimum Gasteiger partial charge on any atom is -0.480 e. The largest absolute Gasteiger partial charge is 0.480 e. The molecule has 8 nitrogen and oxygen atoms in total. The molecular weight excluding hydrogens is 256 g/mol. The summed E-state index contributed by atoms with van der Waals surface area (Å²) in [6.07, 6.45) is -0.881. The molecule has 0 aliphatic carbocycles. The third-order valence-electron chi connectivity index (χ3n) is 2.66. The molecule has 1 amide bonds. The molecule has 1 N–H and O–H groups in total. The number of aliphatic carboxylic acids is 1. The molecule has 1 aromatic rings. The molecule has 0 aromatic heterocycles. The molecular formula is C11H10N2O6. The maximum atomic E-state index is 11.8. The summed E-state index contributed by atoms with van der Waals surface area (Å²) >= 11 is 0. The first-order chi connectivity index (χ1) is 8.90. The molecule has 1 aliphatic rings. The van der Waals surface area contributed by atoms with Gasteiger partial charge in [0.05, 0.1) is 16.7 Å². The quantitative estimate of drug-likeness (QED) is 0.639. The molecule has 0 radical (unpaired) electrons. The summed E-state index contributed by atoms with van der Waals surface area (Å²) in [7, 11) is 0. The van der Waals surface area contributed by atoms with E-state index in [9.17, 15) is 19.7 Å². The average Bonchev–Trinajstić information content (AvgIpc) is 2.33. The molecule has 0 saturated carbocycles. The smallest absolute Gasteiger partial charge is 0.323 e. The van der Waals surface area contributed by atoms with Crippen molar-refractivity contribution in [1.29, 1.82) is 0 Å². The highest BCUT2D eigenvalue weighted by atomic mass is 16.6. The number of nitro benzene ring substituents is 1. The SMILES string of the molecule is CC1Oc2cc([N+](=O)[O-])ccc2N(CC(=O)O)C1=O. The lowest BCUT2D eigenvalue weighted by Gasteiger charge is -2.31. The van der Waals surface area contributed by atoms with Crippen LogP contribution >= 0.6 is 0 Å². The van der Waals surface area contributed by atoms with E-state index in [2.05, 4.69) is 0 Å². The topological polar surface area (TPSA) is 110 Å². The van der Waals surface area contributed by atoms with Crippen LogP contribution in [0.5, 0.6) is 5.75 Å². The fourth-order valence-corrected chi connectivity index (χ4v) is 1.81. The van der Waals surface area contributed by atoms with Crippen LogP contribution in [-0.2, 0) is 9.59 Å². The second kappa shape index (κ2) is 4.56. The Balaban J connectivity index is 2.47. The van der Waals surface area contributed by atoms with Gasteiger partial charge in [-0.25, -0.2) is 0 Å². The van der Waals surface area contributed by atoms with Gasteiger partial charge in [-0.1, -0.05) is 0 Å². The van der Waals surface area contributed by atoms with Crippen LogP contribution < -0.4 is 9.64 Å². The van der Waals surface area contributed by atoms with Gasteiger partial charge in [0.15, 0.2) is 11.9 Å². The zero-order valence-electron chi connectivity index (χ0n) is 9.90. The number of nitrogens with zero attached hydrogens (tertiary/aromatic N) is 2. The fourth-order valence-electron chi connectivity index (χ4n) is 1.81. The number of rotatable bonds is 3. The maximum absolute atomic E-state index is 11.8. The number of carbonyl (C=O) groups is 2. The zero-order valence-corrected chi connectivity index (χ0v) is 9.90. The summed E-state index contributed by atoms with van der Waals surface area (Å²) in [6.45, 7) is 0.941. The van der Waals surface area contributed by atoms with Gasteiger partial charge in [0.1, 0.15) is 6.54 Å². The van der Waals surface area contributed by atoms with Crippen molar-refractivity contribution in [2.75, 3.05) is 11.4 Å². The van der Waals surface area contributed by atoms with Gasteiger partial charge >= 0.3 is 5.97 Å². The Bertz CT molecular complexity index is 570. The molecule has 0 fully saturated rings. The van der Waals surface area contributed by atoms with Gasteiger partial charge in [-0.3, -0.25) is 24.6 Å². The van der Waals surface area contributed by atoms with E-state index >= 15 is 0 Å². The van der Waals surface area contributed by atoms with Crippen LogP contribution in [-0.4, -0.2) is 34.6 Å². The molecule has 0 spiro atoms.